The highest BCUT2D eigenvalue weighted by Gasteiger charge is 2.14. The Balaban J connectivity index is 2.13. The highest BCUT2D eigenvalue weighted by Crippen LogP contribution is 2.18. The molecule has 2 heterocycles. The fourth-order valence-corrected chi connectivity index (χ4v) is 2.47. The monoisotopic (exact) mass is 247 g/mol. The third-order valence-electron chi connectivity index (χ3n) is 2.55. The highest BCUT2D eigenvalue weighted by atomic mass is 32.1. The predicted octanol–water partition coefficient (Wildman–Crippen LogP) is 2.74. The van der Waals surface area contributed by atoms with Gasteiger partial charge in [0, 0.05) is 23.7 Å². The van der Waals surface area contributed by atoms with E-state index in [9.17, 15) is 0 Å². The van der Waals surface area contributed by atoms with Gasteiger partial charge in [-0.2, -0.15) is 0 Å². The Morgan fingerprint density at radius 1 is 1.35 bits per heavy atom. The van der Waals surface area contributed by atoms with Crippen molar-refractivity contribution in [1.82, 2.24) is 15.3 Å². The predicted molar refractivity (Wildman–Crippen MR) is 71.2 cm³/mol. The van der Waals surface area contributed by atoms with Crippen molar-refractivity contribution in [2.45, 2.75) is 26.3 Å². The van der Waals surface area contributed by atoms with Crippen LogP contribution in [-0.2, 0) is 6.42 Å². The number of nitrogens with one attached hydrogen (secondary N) is 1. The lowest BCUT2D eigenvalue weighted by Gasteiger charge is -2.15. The topological polar surface area (TPSA) is 37.8 Å². The first-order valence-electron chi connectivity index (χ1n) is 5.84. The van der Waals surface area contributed by atoms with E-state index >= 15 is 0 Å². The number of rotatable bonds is 5. The van der Waals surface area contributed by atoms with Crippen molar-refractivity contribution >= 4 is 11.3 Å². The standard InChI is InChI=1S/C13H17N3S/c1-3-14-12(7-11-5-4-6-17-11)13-15-8-10(2)9-16-13/h4-6,8-9,12,14H,3,7H2,1-2H3. The van der Waals surface area contributed by atoms with Crippen molar-refractivity contribution < 1.29 is 0 Å². The van der Waals surface area contributed by atoms with Gasteiger partial charge >= 0.3 is 0 Å². The van der Waals surface area contributed by atoms with Crippen LogP contribution in [0.5, 0.6) is 0 Å². The van der Waals surface area contributed by atoms with Gasteiger partial charge in [-0.15, -0.1) is 11.3 Å². The number of aromatic nitrogens is 2. The smallest absolute Gasteiger partial charge is 0.145 e. The first-order valence-corrected chi connectivity index (χ1v) is 6.72. The fourth-order valence-electron chi connectivity index (χ4n) is 1.71. The van der Waals surface area contributed by atoms with Gasteiger partial charge < -0.3 is 5.32 Å². The van der Waals surface area contributed by atoms with Gasteiger partial charge in [-0.05, 0) is 30.5 Å². The quantitative estimate of drug-likeness (QED) is 0.883. The summed E-state index contributed by atoms with van der Waals surface area (Å²) in [7, 11) is 0. The van der Waals surface area contributed by atoms with E-state index in [0.717, 1.165) is 24.4 Å². The SMILES string of the molecule is CCNC(Cc1cccs1)c1ncc(C)cn1. The Labute approximate surface area is 106 Å². The first kappa shape index (κ1) is 12.2. The van der Waals surface area contributed by atoms with Crippen LogP contribution in [0.1, 0.15) is 29.2 Å². The van der Waals surface area contributed by atoms with Gasteiger partial charge in [0.1, 0.15) is 5.82 Å². The molecule has 90 valence electrons. The average Bonchev–Trinajstić information content (AvgIpc) is 2.82. The van der Waals surface area contributed by atoms with Crippen LogP contribution in [0.4, 0.5) is 0 Å². The van der Waals surface area contributed by atoms with Crippen molar-refractivity contribution in [3.63, 3.8) is 0 Å². The number of hydrogen-bond donors (Lipinski definition) is 1. The molecule has 4 heteroatoms. The Bertz CT molecular complexity index is 436. The maximum atomic E-state index is 4.41. The number of aryl methyl sites for hydroxylation is 1. The second kappa shape index (κ2) is 5.89. The molecule has 0 saturated heterocycles. The molecule has 1 N–H and O–H groups in total. The van der Waals surface area contributed by atoms with E-state index in [1.54, 1.807) is 11.3 Å². The normalized spacial score (nSPS) is 12.6. The van der Waals surface area contributed by atoms with Crippen molar-refractivity contribution in [2.24, 2.45) is 0 Å². The van der Waals surface area contributed by atoms with E-state index in [-0.39, 0.29) is 6.04 Å². The molecule has 1 unspecified atom stereocenters. The maximum absolute atomic E-state index is 4.41. The van der Waals surface area contributed by atoms with E-state index in [1.807, 2.05) is 19.3 Å². The van der Waals surface area contributed by atoms with Gasteiger partial charge in [-0.3, -0.25) is 0 Å². The van der Waals surface area contributed by atoms with Gasteiger partial charge in [0.25, 0.3) is 0 Å². The summed E-state index contributed by atoms with van der Waals surface area (Å²) in [6.45, 7) is 5.04. The third-order valence-corrected chi connectivity index (χ3v) is 3.45. The first-order chi connectivity index (χ1) is 8.29. The molecule has 0 radical (unpaired) electrons. The molecular weight excluding hydrogens is 230 g/mol. The zero-order valence-electron chi connectivity index (χ0n) is 10.2. The molecule has 3 nitrogen and oxygen atoms in total. The highest BCUT2D eigenvalue weighted by molar-refractivity contribution is 7.09. The molecule has 0 aromatic carbocycles. The summed E-state index contributed by atoms with van der Waals surface area (Å²) < 4.78 is 0. The Morgan fingerprint density at radius 2 is 2.12 bits per heavy atom. The van der Waals surface area contributed by atoms with E-state index in [0.29, 0.717) is 0 Å². The number of likely N-dealkylation sites (N-methyl/N-ethyl adjacent to an activating group) is 1. The van der Waals surface area contributed by atoms with Crippen LogP contribution in [0.3, 0.4) is 0 Å². The summed E-state index contributed by atoms with van der Waals surface area (Å²) in [4.78, 5) is 10.2. The molecule has 0 aliphatic carbocycles. The average molecular weight is 247 g/mol. The Morgan fingerprint density at radius 3 is 2.71 bits per heavy atom. The molecule has 2 rings (SSSR count). The van der Waals surface area contributed by atoms with Crippen LogP contribution in [0, 0.1) is 6.92 Å². The molecular formula is C13H17N3S. The minimum atomic E-state index is 0.208. The van der Waals surface area contributed by atoms with Gasteiger partial charge in [-0.1, -0.05) is 13.0 Å². The number of thiophene rings is 1. The van der Waals surface area contributed by atoms with Crippen LogP contribution >= 0.6 is 11.3 Å². The van der Waals surface area contributed by atoms with Crippen LogP contribution in [0.2, 0.25) is 0 Å². The number of hydrogen-bond acceptors (Lipinski definition) is 4. The second-order valence-electron chi connectivity index (χ2n) is 4.01. The molecule has 1 atom stereocenters. The summed E-state index contributed by atoms with van der Waals surface area (Å²) in [6.07, 6.45) is 4.71. The lowest BCUT2D eigenvalue weighted by molar-refractivity contribution is 0.524. The van der Waals surface area contributed by atoms with Crippen molar-refractivity contribution in [3.05, 3.63) is 46.2 Å². The minimum absolute atomic E-state index is 0.208. The largest absolute Gasteiger partial charge is 0.307 e. The summed E-state index contributed by atoms with van der Waals surface area (Å²) in [5, 5.41) is 5.54. The van der Waals surface area contributed by atoms with Crippen LogP contribution in [0.15, 0.2) is 29.9 Å². The van der Waals surface area contributed by atoms with Gasteiger partial charge in [0.05, 0.1) is 6.04 Å². The van der Waals surface area contributed by atoms with E-state index < -0.39 is 0 Å². The molecule has 2 aromatic rings. The third kappa shape index (κ3) is 3.35. The van der Waals surface area contributed by atoms with E-state index in [4.69, 9.17) is 0 Å². The van der Waals surface area contributed by atoms with Gasteiger partial charge in [0.15, 0.2) is 0 Å². The van der Waals surface area contributed by atoms with Gasteiger partial charge in [0.2, 0.25) is 0 Å². The zero-order valence-corrected chi connectivity index (χ0v) is 11.0. The molecule has 0 aliphatic heterocycles. The Hall–Kier alpha value is -1.26. The zero-order chi connectivity index (χ0) is 12.1. The lowest BCUT2D eigenvalue weighted by Crippen LogP contribution is -2.24. The number of nitrogens with zero attached hydrogens (tertiary/aromatic N) is 2. The molecule has 0 bridgehead atoms. The lowest BCUT2D eigenvalue weighted by atomic mass is 10.1. The molecule has 0 aliphatic rings. The van der Waals surface area contributed by atoms with E-state index in [2.05, 4.69) is 39.7 Å². The summed E-state index contributed by atoms with van der Waals surface area (Å²) in [5.41, 5.74) is 1.10. The van der Waals surface area contributed by atoms with Crippen molar-refractivity contribution in [3.8, 4) is 0 Å². The summed E-state index contributed by atoms with van der Waals surface area (Å²) >= 11 is 1.78. The maximum Gasteiger partial charge on any atom is 0.145 e. The summed E-state index contributed by atoms with van der Waals surface area (Å²) in [6, 6.07) is 4.45. The minimum Gasteiger partial charge on any atom is -0.307 e. The van der Waals surface area contributed by atoms with Crippen LogP contribution in [0.25, 0.3) is 0 Å². The molecule has 17 heavy (non-hydrogen) atoms. The van der Waals surface area contributed by atoms with Crippen molar-refractivity contribution in [2.75, 3.05) is 6.54 Å². The molecule has 0 saturated carbocycles. The second-order valence-corrected chi connectivity index (χ2v) is 5.04. The van der Waals surface area contributed by atoms with Crippen LogP contribution in [-0.4, -0.2) is 16.5 Å². The Kier molecular flexibility index (Phi) is 4.23. The summed E-state index contributed by atoms with van der Waals surface area (Å²) in [5.74, 6) is 0.880. The molecule has 0 amide bonds. The molecule has 0 fully saturated rings. The fraction of sp³-hybridized carbons (Fsp3) is 0.385. The molecule has 0 spiro atoms. The van der Waals surface area contributed by atoms with Crippen molar-refractivity contribution in [1.29, 1.82) is 0 Å². The van der Waals surface area contributed by atoms with E-state index in [1.165, 1.54) is 4.88 Å². The van der Waals surface area contributed by atoms with Gasteiger partial charge in [-0.25, -0.2) is 9.97 Å². The molecule has 2 aromatic heterocycles. The van der Waals surface area contributed by atoms with Crippen LogP contribution < -0.4 is 5.32 Å².